The molecule has 1 saturated heterocycles. The van der Waals surface area contributed by atoms with Gasteiger partial charge in [-0.1, -0.05) is 6.07 Å². The molecule has 0 aromatic heterocycles. The molecule has 1 N–H and O–H groups in total. The van der Waals surface area contributed by atoms with Crippen LogP contribution >= 0.6 is 0 Å². The molecule has 7 nitrogen and oxygen atoms in total. The first-order valence-electron chi connectivity index (χ1n) is 9.40. The van der Waals surface area contributed by atoms with E-state index in [4.69, 9.17) is 9.47 Å². The Bertz CT molecular complexity index is 736. The van der Waals surface area contributed by atoms with E-state index in [1.165, 1.54) is 11.4 Å². The highest BCUT2D eigenvalue weighted by Crippen LogP contribution is 2.30. The van der Waals surface area contributed by atoms with E-state index in [9.17, 15) is 13.2 Å². The lowest BCUT2D eigenvalue weighted by molar-refractivity contribution is -0.126. The molecular formula is C19H30N2O5S. The molecule has 1 aromatic carbocycles. The van der Waals surface area contributed by atoms with Crippen LogP contribution in [-0.2, 0) is 19.6 Å². The van der Waals surface area contributed by atoms with E-state index < -0.39 is 10.0 Å². The van der Waals surface area contributed by atoms with Gasteiger partial charge in [-0.05, 0) is 50.8 Å². The first kappa shape index (κ1) is 21.7. The molecule has 0 unspecified atom stereocenters. The number of amides is 1. The van der Waals surface area contributed by atoms with Crippen LogP contribution in [0.25, 0.3) is 0 Å². The van der Waals surface area contributed by atoms with E-state index >= 15 is 0 Å². The van der Waals surface area contributed by atoms with E-state index in [0.29, 0.717) is 44.9 Å². The zero-order chi connectivity index (χ0) is 19.9. The quantitative estimate of drug-likeness (QED) is 0.643. The van der Waals surface area contributed by atoms with E-state index in [0.717, 1.165) is 12.0 Å². The third-order valence-corrected chi connectivity index (χ3v) is 6.55. The highest BCUT2D eigenvalue weighted by molar-refractivity contribution is 7.89. The molecule has 0 saturated carbocycles. The Kier molecular flexibility index (Phi) is 8.07. The number of carbonyl (C=O) groups is 1. The minimum atomic E-state index is -3.72. The summed E-state index contributed by atoms with van der Waals surface area (Å²) in [5.41, 5.74) is 0.843. The summed E-state index contributed by atoms with van der Waals surface area (Å²) in [4.78, 5) is 12.6. The van der Waals surface area contributed by atoms with Crippen LogP contribution < -0.4 is 10.1 Å². The maximum Gasteiger partial charge on any atom is 0.246 e. The van der Waals surface area contributed by atoms with Crippen molar-refractivity contribution in [1.29, 1.82) is 0 Å². The number of carbonyl (C=O) groups excluding carboxylic acids is 1. The lowest BCUT2D eigenvalue weighted by Crippen LogP contribution is -2.45. The molecule has 1 amide bonds. The van der Waals surface area contributed by atoms with Crippen molar-refractivity contribution in [2.75, 3.05) is 40.0 Å². The third kappa shape index (κ3) is 5.67. The molecule has 1 aromatic rings. The summed E-state index contributed by atoms with van der Waals surface area (Å²) in [5, 5.41) is 2.89. The van der Waals surface area contributed by atoms with E-state index in [1.807, 2.05) is 19.9 Å². The van der Waals surface area contributed by atoms with Crippen molar-refractivity contribution < 1.29 is 22.7 Å². The summed E-state index contributed by atoms with van der Waals surface area (Å²) < 4.78 is 38.1. The molecule has 0 spiro atoms. The van der Waals surface area contributed by atoms with E-state index in [2.05, 4.69) is 5.32 Å². The Labute approximate surface area is 162 Å². The van der Waals surface area contributed by atoms with Gasteiger partial charge in [0, 0.05) is 32.8 Å². The predicted octanol–water partition coefficient (Wildman–Crippen LogP) is 1.95. The van der Waals surface area contributed by atoms with Crippen molar-refractivity contribution in [3.63, 3.8) is 0 Å². The molecule has 2 rings (SSSR count). The smallest absolute Gasteiger partial charge is 0.246 e. The molecule has 0 radical (unpaired) electrons. The molecule has 1 fully saturated rings. The number of piperidine rings is 1. The molecule has 8 heteroatoms. The second-order valence-corrected chi connectivity index (χ2v) is 8.60. The number of rotatable bonds is 9. The fraction of sp³-hybridized carbons (Fsp3) is 0.632. The standard InChI is InChI=1S/C19H30N2O5S/c1-4-26-12-6-10-20-19(22)16-7-5-11-21(14-16)27(23,24)18-13-15(2)8-9-17(18)25-3/h8-9,13,16H,4-7,10-12,14H2,1-3H3,(H,20,22)/t16-/m1/s1. The molecule has 27 heavy (non-hydrogen) atoms. The van der Waals surface area contributed by atoms with Gasteiger partial charge in [-0.2, -0.15) is 4.31 Å². The number of methoxy groups -OCH3 is 1. The number of hydrogen-bond donors (Lipinski definition) is 1. The van der Waals surface area contributed by atoms with Gasteiger partial charge in [-0.25, -0.2) is 8.42 Å². The van der Waals surface area contributed by atoms with Crippen LogP contribution in [0.5, 0.6) is 5.75 Å². The Hall–Kier alpha value is -1.64. The summed E-state index contributed by atoms with van der Waals surface area (Å²) in [7, 11) is -2.26. The number of benzene rings is 1. The average molecular weight is 399 g/mol. The van der Waals surface area contributed by atoms with E-state index in [1.54, 1.807) is 12.1 Å². The van der Waals surface area contributed by atoms with Gasteiger partial charge < -0.3 is 14.8 Å². The second kappa shape index (κ2) is 10.1. The fourth-order valence-corrected chi connectivity index (χ4v) is 4.94. The minimum Gasteiger partial charge on any atom is -0.495 e. The van der Waals surface area contributed by atoms with Crippen molar-refractivity contribution in [3.8, 4) is 5.75 Å². The Morgan fingerprint density at radius 3 is 2.85 bits per heavy atom. The molecule has 1 atom stereocenters. The molecule has 152 valence electrons. The van der Waals surface area contributed by atoms with Crippen LogP contribution in [0, 0.1) is 12.8 Å². The zero-order valence-corrected chi connectivity index (χ0v) is 17.2. The summed E-state index contributed by atoms with van der Waals surface area (Å²) in [6.07, 6.45) is 2.09. The van der Waals surface area contributed by atoms with Gasteiger partial charge in [-0.3, -0.25) is 4.79 Å². The average Bonchev–Trinajstić information content (AvgIpc) is 2.67. The van der Waals surface area contributed by atoms with Crippen LogP contribution in [0.3, 0.4) is 0 Å². The number of aryl methyl sites for hydroxylation is 1. The third-order valence-electron chi connectivity index (χ3n) is 4.66. The van der Waals surface area contributed by atoms with Crippen LogP contribution in [0.15, 0.2) is 23.1 Å². The molecular weight excluding hydrogens is 368 g/mol. The summed E-state index contributed by atoms with van der Waals surface area (Å²) in [6, 6.07) is 5.09. The van der Waals surface area contributed by atoms with Crippen LogP contribution in [0.4, 0.5) is 0 Å². The topological polar surface area (TPSA) is 84.9 Å². The fourth-order valence-electron chi connectivity index (χ4n) is 3.17. The largest absolute Gasteiger partial charge is 0.495 e. The van der Waals surface area contributed by atoms with Gasteiger partial charge in [0.05, 0.1) is 13.0 Å². The van der Waals surface area contributed by atoms with Crippen molar-refractivity contribution in [2.45, 2.75) is 38.0 Å². The van der Waals surface area contributed by atoms with Crippen LogP contribution in [0.2, 0.25) is 0 Å². The normalized spacial score (nSPS) is 18.3. The Balaban J connectivity index is 2.04. The number of sulfonamides is 1. The minimum absolute atomic E-state index is 0.0948. The van der Waals surface area contributed by atoms with Gasteiger partial charge >= 0.3 is 0 Å². The predicted molar refractivity (Wildman–Crippen MR) is 103 cm³/mol. The highest BCUT2D eigenvalue weighted by Gasteiger charge is 2.34. The lowest BCUT2D eigenvalue weighted by atomic mass is 9.99. The number of nitrogens with zero attached hydrogens (tertiary/aromatic N) is 1. The van der Waals surface area contributed by atoms with Crippen LogP contribution in [-0.4, -0.2) is 58.6 Å². The van der Waals surface area contributed by atoms with Crippen molar-refractivity contribution in [2.24, 2.45) is 5.92 Å². The molecule has 0 bridgehead atoms. The molecule has 1 aliphatic rings. The Morgan fingerprint density at radius 2 is 2.15 bits per heavy atom. The van der Waals surface area contributed by atoms with E-state index in [-0.39, 0.29) is 23.3 Å². The van der Waals surface area contributed by atoms with Gasteiger partial charge in [0.25, 0.3) is 0 Å². The first-order valence-corrected chi connectivity index (χ1v) is 10.8. The van der Waals surface area contributed by atoms with Gasteiger partial charge in [0.15, 0.2) is 0 Å². The first-order chi connectivity index (χ1) is 12.9. The van der Waals surface area contributed by atoms with Crippen molar-refractivity contribution >= 4 is 15.9 Å². The maximum absolute atomic E-state index is 13.1. The zero-order valence-electron chi connectivity index (χ0n) is 16.4. The molecule has 1 heterocycles. The van der Waals surface area contributed by atoms with Crippen molar-refractivity contribution in [3.05, 3.63) is 23.8 Å². The molecule has 0 aliphatic carbocycles. The van der Waals surface area contributed by atoms with Crippen LogP contribution in [0.1, 0.15) is 31.7 Å². The summed E-state index contributed by atoms with van der Waals surface area (Å²) >= 11 is 0. The summed E-state index contributed by atoms with van der Waals surface area (Å²) in [6.45, 7) is 6.17. The second-order valence-electron chi connectivity index (χ2n) is 6.70. The van der Waals surface area contributed by atoms with Crippen molar-refractivity contribution in [1.82, 2.24) is 9.62 Å². The molecule has 1 aliphatic heterocycles. The SMILES string of the molecule is CCOCCCNC(=O)[C@@H]1CCCN(S(=O)(=O)c2cc(C)ccc2OC)C1. The summed E-state index contributed by atoms with van der Waals surface area (Å²) in [5.74, 6) is -0.109. The Morgan fingerprint density at radius 1 is 1.37 bits per heavy atom. The number of ether oxygens (including phenoxy) is 2. The monoisotopic (exact) mass is 398 g/mol. The maximum atomic E-state index is 13.1. The lowest BCUT2D eigenvalue weighted by Gasteiger charge is -2.31. The number of hydrogen-bond acceptors (Lipinski definition) is 5. The van der Waals surface area contributed by atoms with Gasteiger partial charge in [-0.15, -0.1) is 0 Å². The highest BCUT2D eigenvalue weighted by atomic mass is 32.2. The number of nitrogens with one attached hydrogen (secondary N) is 1. The van der Waals surface area contributed by atoms with Gasteiger partial charge in [0.1, 0.15) is 10.6 Å². The van der Waals surface area contributed by atoms with Gasteiger partial charge in [0.2, 0.25) is 15.9 Å².